The molecule has 0 amide bonds. The number of carbonyl (C=O) groups excluding carboxylic acids is 1. The molecule has 0 saturated carbocycles. The molecule has 2 heteroatoms. The van der Waals surface area contributed by atoms with E-state index in [1.54, 1.807) is 0 Å². The Bertz CT molecular complexity index is 130. The Kier molecular flexibility index (Phi) is 5.99. The van der Waals surface area contributed by atoms with E-state index in [0.717, 1.165) is 12.8 Å². The average Bonchev–Trinajstić information content (AvgIpc) is 2.03. The maximum atomic E-state index is 11.3. The highest BCUT2D eigenvalue weighted by Crippen LogP contribution is 2.03. The summed E-state index contributed by atoms with van der Waals surface area (Å²) in [7, 11) is 0. The van der Waals surface area contributed by atoms with Crippen molar-refractivity contribution in [3.05, 3.63) is 0 Å². The van der Waals surface area contributed by atoms with Crippen LogP contribution in [0.5, 0.6) is 0 Å². The van der Waals surface area contributed by atoms with E-state index in [1.165, 1.54) is 0 Å². The number of Topliss-reactive ketones (excluding diaryl/α,β-unsaturated/α-hetero) is 1. The fraction of sp³-hybridized carbons (Fsp3) is 0.900. The summed E-state index contributed by atoms with van der Waals surface area (Å²) in [6.45, 7) is 8.45. The van der Waals surface area contributed by atoms with E-state index in [1.807, 2.05) is 20.8 Å². The van der Waals surface area contributed by atoms with Crippen molar-refractivity contribution in [2.24, 2.45) is 5.92 Å². The zero-order valence-electron chi connectivity index (χ0n) is 8.59. The van der Waals surface area contributed by atoms with E-state index < -0.39 is 0 Å². The third kappa shape index (κ3) is 4.50. The standard InChI is InChI=1S/C10H20O2/c1-5-6-7-12-9(4)10(11)8(2)3/h8-9H,5-7H2,1-4H3/t9-/m0/s1. The van der Waals surface area contributed by atoms with Crippen molar-refractivity contribution in [2.45, 2.75) is 46.6 Å². The summed E-state index contributed by atoms with van der Waals surface area (Å²) in [5.41, 5.74) is 0. The van der Waals surface area contributed by atoms with Crippen LogP contribution >= 0.6 is 0 Å². The van der Waals surface area contributed by atoms with Crippen molar-refractivity contribution in [1.29, 1.82) is 0 Å². The van der Waals surface area contributed by atoms with Gasteiger partial charge in [-0.3, -0.25) is 4.79 Å². The Balaban J connectivity index is 3.57. The Hall–Kier alpha value is -0.370. The van der Waals surface area contributed by atoms with Crippen molar-refractivity contribution in [2.75, 3.05) is 6.61 Å². The molecule has 0 bridgehead atoms. The van der Waals surface area contributed by atoms with Gasteiger partial charge < -0.3 is 4.74 Å². The van der Waals surface area contributed by atoms with Gasteiger partial charge >= 0.3 is 0 Å². The van der Waals surface area contributed by atoms with E-state index in [4.69, 9.17) is 4.74 Å². The number of rotatable bonds is 6. The average molecular weight is 172 g/mol. The lowest BCUT2D eigenvalue weighted by Gasteiger charge is -2.13. The largest absolute Gasteiger partial charge is 0.371 e. The second-order valence-corrected chi connectivity index (χ2v) is 3.42. The summed E-state index contributed by atoms with van der Waals surface area (Å²) in [6, 6.07) is 0. The van der Waals surface area contributed by atoms with Crippen LogP contribution in [0.2, 0.25) is 0 Å². The number of ketones is 1. The molecule has 0 aromatic heterocycles. The van der Waals surface area contributed by atoms with E-state index >= 15 is 0 Å². The summed E-state index contributed by atoms with van der Waals surface area (Å²) in [5.74, 6) is 0.285. The fourth-order valence-corrected chi connectivity index (χ4v) is 0.956. The molecule has 72 valence electrons. The molecule has 0 rings (SSSR count). The molecular weight excluding hydrogens is 152 g/mol. The van der Waals surface area contributed by atoms with Crippen LogP contribution in [0.15, 0.2) is 0 Å². The molecule has 0 unspecified atom stereocenters. The minimum Gasteiger partial charge on any atom is -0.371 e. The summed E-state index contributed by atoms with van der Waals surface area (Å²) < 4.78 is 5.36. The van der Waals surface area contributed by atoms with Gasteiger partial charge in [0.05, 0.1) is 0 Å². The molecule has 0 aliphatic heterocycles. The Morgan fingerprint density at radius 2 is 1.92 bits per heavy atom. The van der Waals surface area contributed by atoms with Crippen LogP contribution in [0.4, 0.5) is 0 Å². The number of hydrogen-bond acceptors (Lipinski definition) is 2. The summed E-state index contributed by atoms with van der Waals surface area (Å²) in [5, 5.41) is 0. The molecule has 1 atom stereocenters. The van der Waals surface area contributed by atoms with E-state index in [9.17, 15) is 4.79 Å². The first-order chi connectivity index (χ1) is 5.59. The molecule has 0 aromatic carbocycles. The summed E-state index contributed by atoms with van der Waals surface area (Å²) >= 11 is 0. The maximum absolute atomic E-state index is 11.3. The molecule has 0 fully saturated rings. The molecule has 0 N–H and O–H groups in total. The van der Waals surface area contributed by atoms with Crippen LogP contribution < -0.4 is 0 Å². The molecule has 0 radical (unpaired) electrons. The Labute approximate surface area is 75.3 Å². The molecule has 2 nitrogen and oxygen atoms in total. The Morgan fingerprint density at radius 1 is 1.33 bits per heavy atom. The van der Waals surface area contributed by atoms with Gasteiger partial charge in [0, 0.05) is 12.5 Å². The number of hydrogen-bond donors (Lipinski definition) is 0. The predicted molar refractivity (Wildman–Crippen MR) is 50.2 cm³/mol. The number of unbranched alkanes of at least 4 members (excludes halogenated alkanes) is 1. The molecule has 0 saturated heterocycles. The van der Waals surface area contributed by atoms with Crippen LogP contribution in [0.1, 0.15) is 40.5 Å². The first-order valence-electron chi connectivity index (χ1n) is 4.75. The lowest BCUT2D eigenvalue weighted by Crippen LogP contribution is -2.25. The zero-order chi connectivity index (χ0) is 9.56. The van der Waals surface area contributed by atoms with Crippen LogP contribution in [0.25, 0.3) is 0 Å². The molecule has 12 heavy (non-hydrogen) atoms. The number of ether oxygens (including phenoxy) is 1. The highest BCUT2D eigenvalue weighted by Gasteiger charge is 2.15. The third-order valence-electron chi connectivity index (χ3n) is 1.84. The second kappa shape index (κ2) is 6.18. The topological polar surface area (TPSA) is 26.3 Å². The van der Waals surface area contributed by atoms with Crippen LogP contribution in [-0.2, 0) is 9.53 Å². The van der Waals surface area contributed by atoms with E-state index in [-0.39, 0.29) is 17.8 Å². The fourth-order valence-electron chi connectivity index (χ4n) is 0.956. The molecule has 0 heterocycles. The summed E-state index contributed by atoms with van der Waals surface area (Å²) in [6.07, 6.45) is 1.93. The highest BCUT2D eigenvalue weighted by atomic mass is 16.5. The number of carbonyl (C=O) groups is 1. The lowest BCUT2D eigenvalue weighted by atomic mass is 10.1. The molecule has 0 aromatic rings. The zero-order valence-corrected chi connectivity index (χ0v) is 8.59. The normalized spacial score (nSPS) is 13.4. The van der Waals surface area contributed by atoms with Gasteiger partial charge in [0.15, 0.2) is 5.78 Å². The van der Waals surface area contributed by atoms with Crippen LogP contribution in [-0.4, -0.2) is 18.5 Å². The lowest BCUT2D eigenvalue weighted by molar-refractivity contribution is -0.132. The smallest absolute Gasteiger partial charge is 0.163 e. The van der Waals surface area contributed by atoms with Crippen LogP contribution in [0.3, 0.4) is 0 Å². The molecule has 0 aliphatic carbocycles. The first kappa shape index (κ1) is 11.6. The van der Waals surface area contributed by atoms with Crippen molar-refractivity contribution < 1.29 is 9.53 Å². The minimum atomic E-state index is -0.225. The second-order valence-electron chi connectivity index (χ2n) is 3.42. The van der Waals surface area contributed by atoms with Crippen molar-refractivity contribution in [3.8, 4) is 0 Å². The van der Waals surface area contributed by atoms with Gasteiger partial charge in [-0.25, -0.2) is 0 Å². The first-order valence-corrected chi connectivity index (χ1v) is 4.75. The SMILES string of the molecule is CCCCO[C@@H](C)C(=O)C(C)C. The maximum Gasteiger partial charge on any atom is 0.163 e. The third-order valence-corrected chi connectivity index (χ3v) is 1.84. The molecule has 0 spiro atoms. The van der Waals surface area contributed by atoms with Gasteiger partial charge in [-0.15, -0.1) is 0 Å². The quantitative estimate of drug-likeness (QED) is 0.575. The van der Waals surface area contributed by atoms with Gasteiger partial charge in [-0.1, -0.05) is 27.2 Å². The van der Waals surface area contributed by atoms with Crippen molar-refractivity contribution >= 4 is 5.78 Å². The van der Waals surface area contributed by atoms with Gasteiger partial charge in [0.2, 0.25) is 0 Å². The van der Waals surface area contributed by atoms with E-state index in [0.29, 0.717) is 6.61 Å². The minimum absolute atomic E-state index is 0.0848. The van der Waals surface area contributed by atoms with Gasteiger partial charge in [-0.05, 0) is 13.3 Å². The van der Waals surface area contributed by atoms with Gasteiger partial charge in [0.25, 0.3) is 0 Å². The van der Waals surface area contributed by atoms with Crippen molar-refractivity contribution in [3.63, 3.8) is 0 Å². The monoisotopic (exact) mass is 172 g/mol. The molecule has 0 aliphatic rings. The Morgan fingerprint density at radius 3 is 2.33 bits per heavy atom. The molecular formula is C10H20O2. The van der Waals surface area contributed by atoms with Gasteiger partial charge in [0.1, 0.15) is 6.10 Å². The van der Waals surface area contributed by atoms with E-state index in [2.05, 4.69) is 6.92 Å². The van der Waals surface area contributed by atoms with Gasteiger partial charge in [-0.2, -0.15) is 0 Å². The summed E-state index contributed by atoms with van der Waals surface area (Å²) in [4.78, 5) is 11.3. The van der Waals surface area contributed by atoms with Crippen LogP contribution in [0, 0.1) is 5.92 Å². The highest BCUT2D eigenvalue weighted by molar-refractivity contribution is 5.84. The van der Waals surface area contributed by atoms with Crippen molar-refractivity contribution in [1.82, 2.24) is 0 Å². The predicted octanol–water partition coefficient (Wildman–Crippen LogP) is 2.42.